The second kappa shape index (κ2) is 7.06. The topological polar surface area (TPSA) is 46.3 Å². The average Bonchev–Trinajstić information content (AvgIpc) is 2.43. The van der Waals surface area contributed by atoms with Crippen LogP contribution in [0.3, 0.4) is 0 Å². The maximum absolute atomic E-state index is 12.6. The van der Waals surface area contributed by atoms with E-state index in [-0.39, 0.29) is 5.91 Å². The molecule has 0 fully saturated rings. The van der Waals surface area contributed by atoms with Crippen LogP contribution < -0.4 is 5.73 Å². The Morgan fingerprint density at radius 3 is 2.21 bits per heavy atom. The molecule has 0 bridgehead atoms. The molecule has 1 aromatic carbocycles. The predicted molar refractivity (Wildman–Crippen MR) is 82.7 cm³/mol. The maximum atomic E-state index is 12.6. The largest absolute Gasteiger partial charge is 0.341 e. The number of halogens is 1. The second-order valence-corrected chi connectivity index (χ2v) is 5.89. The summed E-state index contributed by atoms with van der Waals surface area (Å²) in [6.07, 6.45) is 1.56. The van der Waals surface area contributed by atoms with Crippen molar-refractivity contribution in [1.29, 1.82) is 0 Å². The van der Waals surface area contributed by atoms with Crippen LogP contribution in [0.2, 0.25) is 0 Å². The van der Waals surface area contributed by atoms with Gasteiger partial charge in [0.15, 0.2) is 0 Å². The molecule has 0 aliphatic heterocycles. The summed E-state index contributed by atoms with van der Waals surface area (Å²) >= 11 is 3.41. The average molecular weight is 327 g/mol. The fraction of sp³-hybridized carbons (Fsp3) is 0.533. The third kappa shape index (κ3) is 3.80. The van der Waals surface area contributed by atoms with E-state index in [9.17, 15) is 4.79 Å². The zero-order valence-electron chi connectivity index (χ0n) is 11.9. The maximum Gasteiger partial charge on any atom is 0.230 e. The molecule has 1 aromatic rings. The minimum absolute atomic E-state index is 0.142. The highest BCUT2D eigenvalue weighted by molar-refractivity contribution is 9.10. The molecule has 0 spiro atoms. The summed E-state index contributed by atoms with van der Waals surface area (Å²) in [5.74, 6) is 0.142. The Morgan fingerprint density at radius 2 is 1.79 bits per heavy atom. The van der Waals surface area contributed by atoms with E-state index < -0.39 is 5.41 Å². The van der Waals surface area contributed by atoms with Gasteiger partial charge in [-0.1, -0.05) is 41.9 Å². The lowest BCUT2D eigenvalue weighted by atomic mass is 9.81. The number of amides is 1. The molecule has 0 saturated heterocycles. The summed E-state index contributed by atoms with van der Waals surface area (Å²) in [7, 11) is 1.85. The standard InChI is InChI=1S/C15H23BrN2O/c1-4-15(5-2,11-17)14(19)18(3)10-12-6-8-13(16)9-7-12/h6-9H,4-5,10-11,17H2,1-3H3. The van der Waals surface area contributed by atoms with Gasteiger partial charge in [0, 0.05) is 24.6 Å². The lowest BCUT2D eigenvalue weighted by Crippen LogP contribution is -2.45. The minimum Gasteiger partial charge on any atom is -0.341 e. The Hall–Kier alpha value is -0.870. The van der Waals surface area contributed by atoms with E-state index in [1.807, 2.05) is 45.2 Å². The minimum atomic E-state index is -0.413. The quantitative estimate of drug-likeness (QED) is 0.872. The number of nitrogens with zero attached hydrogens (tertiary/aromatic N) is 1. The summed E-state index contributed by atoms with van der Waals surface area (Å²) in [5.41, 5.74) is 6.54. The van der Waals surface area contributed by atoms with Crippen LogP contribution in [0.15, 0.2) is 28.7 Å². The molecule has 0 aromatic heterocycles. The van der Waals surface area contributed by atoms with Crippen LogP contribution in [0.4, 0.5) is 0 Å². The van der Waals surface area contributed by atoms with E-state index >= 15 is 0 Å². The van der Waals surface area contributed by atoms with Crippen molar-refractivity contribution < 1.29 is 4.79 Å². The summed E-state index contributed by atoms with van der Waals surface area (Å²) in [5, 5.41) is 0. The van der Waals surface area contributed by atoms with Crippen molar-refractivity contribution in [3.8, 4) is 0 Å². The van der Waals surface area contributed by atoms with Gasteiger partial charge < -0.3 is 10.6 Å². The van der Waals surface area contributed by atoms with Crippen LogP contribution in [0, 0.1) is 5.41 Å². The molecule has 0 atom stereocenters. The van der Waals surface area contributed by atoms with Crippen LogP contribution in [-0.2, 0) is 11.3 Å². The Kier molecular flexibility index (Phi) is 6.01. The molecule has 0 aliphatic rings. The molecule has 0 saturated carbocycles. The Labute approximate surface area is 124 Å². The Balaban J connectivity index is 2.79. The van der Waals surface area contributed by atoms with Crippen LogP contribution in [-0.4, -0.2) is 24.4 Å². The molecule has 0 unspecified atom stereocenters. The van der Waals surface area contributed by atoms with Crippen molar-refractivity contribution >= 4 is 21.8 Å². The third-order valence-electron chi connectivity index (χ3n) is 3.88. The van der Waals surface area contributed by atoms with Gasteiger partial charge in [-0.15, -0.1) is 0 Å². The van der Waals surface area contributed by atoms with E-state index in [4.69, 9.17) is 5.73 Å². The summed E-state index contributed by atoms with van der Waals surface area (Å²) in [4.78, 5) is 14.3. The van der Waals surface area contributed by atoms with E-state index in [2.05, 4.69) is 15.9 Å². The first-order valence-corrected chi connectivity index (χ1v) is 7.48. The number of carbonyl (C=O) groups excluding carboxylic acids is 1. The lowest BCUT2D eigenvalue weighted by molar-refractivity contribution is -0.141. The van der Waals surface area contributed by atoms with Gasteiger partial charge in [-0.2, -0.15) is 0 Å². The zero-order chi connectivity index (χ0) is 14.5. The van der Waals surface area contributed by atoms with Crippen molar-refractivity contribution in [2.45, 2.75) is 33.2 Å². The molecule has 1 rings (SSSR count). The summed E-state index contributed by atoms with van der Waals surface area (Å²) in [6, 6.07) is 8.03. The molecule has 4 heteroatoms. The van der Waals surface area contributed by atoms with Crippen molar-refractivity contribution in [2.75, 3.05) is 13.6 Å². The molecule has 1 amide bonds. The molecule has 0 heterocycles. The predicted octanol–water partition coefficient (Wildman–Crippen LogP) is 3.17. The monoisotopic (exact) mass is 326 g/mol. The van der Waals surface area contributed by atoms with Gasteiger partial charge in [0.25, 0.3) is 0 Å². The number of carbonyl (C=O) groups is 1. The van der Waals surface area contributed by atoms with Crippen molar-refractivity contribution in [2.24, 2.45) is 11.1 Å². The van der Waals surface area contributed by atoms with Gasteiger partial charge in [0.2, 0.25) is 5.91 Å². The number of nitrogens with two attached hydrogens (primary N) is 1. The van der Waals surface area contributed by atoms with E-state index in [1.165, 1.54) is 0 Å². The highest BCUT2D eigenvalue weighted by Crippen LogP contribution is 2.28. The normalized spacial score (nSPS) is 11.4. The van der Waals surface area contributed by atoms with Crippen LogP contribution in [0.5, 0.6) is 0 Å². The smallest absolute Gasteiger partial charge is 0.230 e. The van der Waals surface area contributed by atoms with Crippen molar-refractivity contribution in [3.05, 3.63) is 34.3 Å². The van der Waals surface area contributed by atoms with E-state index in [0.29, 0.717) is 13.1 Å². The first-order chi connectivity index (χ1) is 8.99. The molecule has 19 heavy (non-hydrogen) atoms. The number of rotatable bonds is 6. The SMILES string of the molecule is CCC(CC)(CN)C(=O)N(C)Cc1ccc(Br)cc1. The lowest BCUT2D eigenvalue weighted by Gasteiger charge is -2.33. The Bertz CT molecular complexity index is 404. The van der Waals surface area contributed by atoms with Crippen LogP contribution in [0.25, 0.3) is 0 Å². The fourth-order valence-corrected chi connectivity index (χ4v) is 2.53. The number of benzene rings is 1. The highest BCUT2D eigenvalue weighted by Gasteiger charge is 2.35. The van der Waals surface area contributed by atoms with Crippen LogP contribution >= 0.6 is 15.9 Å². The molecule has 0 radical (unpaired) electrons. The molecule has 2 N–H and O–H groups in total. The van der Waals surface area contributed by atoms with E-state index in [0.717, 1.165) is 22.9 Å². The second-order valence-electron chi connectivity index (χ2n) is 4.98. The van der Waals surface area contributed by atoms with Gasteiger partial charge in [0.05, 0.1) is 5.41 Å². The summed E-state index contributed by atoms with van der Waals surface area (Å²) < 4.78 is 1.05. The van der Waals surface area contributed by atoms with E-state index in [1.54, 1.807) is 4.90 Å². The van der Waals surface area contributed by atoms with Crippen molar-refractivity contribution in [1.82, 2.24) is 4.90 Å². The van der Waals surface area contributed by atoms with Gasteiger partial charge in [-0.25, -0.2) is 0 Å². The third-order valence-corrected chi connectivity index (χ3v) is 4.41. The number of hydrogen-bond acceptors (Lipinski definition) is 2. The van der Waals surface area contributed by atoms with Gasteiger partial charge in [0.1, 0.15) is 0 Å². The van der Waals surface area contributed by atoms with Gasteiger partial charge in [-0.3, -0.25) is 4.79 Å². The molecular weight excluding hydrogens is 304 g/mol. The zero-order valence-corrected chi connectivity index (χ0v) is 13.5. The van der Waals surface area contributed by atoms with Crippen LogP contribution in [0.1, 0.15) is 32.3 Å². The fourth-order valence-electron chi connectivity index (χ4n) is 2.27. The highest BCUT2D eigenvalue weighted by atomic mass is 79.9. The molecule has 0 aliphatic carbocycles. The molecule has 106 valence electrons. The van der Waals surface area contributed by atoms with Gasteiger partial charge >= 0.3 is 0 Å². The summed E-state index contributed by atoms with van der Waals surface area (Å²) in [6.45, 7) is 5.08. The number of hydrogen-bond donors (Lipinski definition) is 1. The van der Waals surface area contributed by atoms with Crippen molar-refractivity contribution in [3.63, 3.8) is 0 Å². The Morgan fingerprint density at radius 1 is 1.26 bits per heavy atom. The first kappa shape index (κ1) is 16.2. The van der Waals surface area contributed by atoms with Gasteiger partial charge in [-0.05, 0) is 30.5 Å². The molecular formula is C15H23BrN2O. The first-order valence-electron chi connectivity index (χ1n) is 6.69. The molecule has 3 nitrogen and oxygen atoms in total.